The van der Waals surface area contributed by atoms with Crippen LogP contribution in [0.25, 0.3) is 11.1 Å². The zero-order valence-corrected chi connectivity index (χ0v) is 8.23. The molecule has 1 aromatic heterocycles. The molecule has 0 bridgehead atoms. The van der Waals surface area contributed by atoms with Crippen molar-refractivity contribution >= 4 is 22.8 Å². The van der Waals surface area contributed by atoms with E-state index in [1.807, 2.05) is 0 Å². The first-order valence-electron chi connectivity index (χ1n) is 4.45. The van der Waals surface area contributed by atoms with Gasteiger partial charge >= 0.3 is 5.97 Å². The lowest BCUT2D eigenvalue weighted by atomic mass is 10.3. The van der Waals surface area contributed by atoms with Crippen molar-refractivity contribution in [3.8, 4) is 0 Å². The smallest absolute Gasteiger partial charge is 0.342 e. The molecule has 8 nitrogen and oxygen atoms in total. The van der Waals surface area contributed by atoms with E-state index in [1.165, 1.54) is 18.2 Å². The summed E-state index contributed by atoms with van der Waals surface area (Å²) in [5.74, 6) is -2.03. The van der Waals surface area contributed by atoms with Crippen molar-refractivity contribution in [3.05, 3.63) is 34.2 Å². The van der Waals surface area contributed by atoms with Gasteiger partial charge in [-0.2, -0.15) is 0 Å². The number of nitro benzene ring substituents is 1. The standard InChI is InChI=1S/C9H6N2O6/c12-7(9(13)14)8-10-6-4(11(15)16)2-1-3-5(6)17-8/h1-3,7,12H,(H,13,14). The Labute approximate surface area is 93.3 Å². The number of aliphatic carboxylic acids is 1. The van der Waals surface area contributed by atoms with E-state index >= 15 is 0 Å². The minimum atomic E-state index is -1.94. The first-order chi connectivity index (χ1) is 8.00. The van der Waals surface area contributed by atoms with Crippen LogP contribution in [0.15, 0.2) is 22.6 Å². The van der Waals surface area contributed by atoms with Crippen LogP contribution in [-0.4, -0.2) is 26.1 Å². The molecule has 0 spiro atoms. The molecule has 1 heterocycles. The third-order valence-electron chi connectivity index (χ3n) is 2.08. The molecule has 0 aliphatic heterocycles. The van der Waals surface area contributed by atoms with Crippen molar-refractivity contribution < 1.29 is 24.3 Å². The molecule has 0 saturated carbocycles. The van der Waals surface area contributed by atoms with Gasteiger partial charge < -0.3 is 14.6 Å². The predicted octanol–water partition coefficient (Wildman–Crippen LogP) is 0.854. The fraction of sp³-hybridized carbons (Fsp3) is 0.111. The lowest BCUT2D eigenvalue weighted by Gasteiger charge is -1.96. The fourth-order valence-corrected chi connectivity index (χ4v) is 1.32. The number of nitro groups is 1. The van der Waals surface area contributed by atoms with Crippen LogP contribution in [0.2, 0.25) is 0 Å². The van der Waals surface area contributed by atoms with Gasteiger partial charge in [0.2, 0.25) is 12.0 Å². The highest BCUT2D eigenvalue weighted by Gasteiger charge is 2.25. The highest BCUT2D eigenvalue weighted by molar-refractivity contribution is 5.83. The third-order valence-corrected chi connectivity index (χ3v) is 2.08. The summed E-state index contributed by atoms with van der Waals surface area (Å²) in [5.41, 5.74) is -0.350. The normalized spacial score (nSPS) is 12.5. The van der Waals surface area contributed by atoms with E-state index in [0.717, 1.165) is 0 Å². The lowest BCUT2D eigenvalue weighted by Crippen LogP contribution is -2.10. The van der Waals surface area contributed by atoms with Crippen LogP contribution in [0.4, 0.5) is 5.69 Å². The lowest BCUT2D eigenvalue weighted by molar-refractivity contribution is -0.383. The van der Waals surface area contributed by atoms with Crippen LogP contribution >= 0.6 is 0 Å². The molecular formula is C9H6N2O6. The summed E-state index contributed by atoms with van der Waals surface area (Å²) in [4.78, 5) is 24.1. The van der Waals surface area contributed by atoms with Gasteiger partial charge in [0.25, 0.3) is 5.69 Å². The highest BCUT2D eigenvalue weighted by atomic mass is 16.6. The van der Waals surface area contributed by atoms with E-state index in [0.29, 0.717) is 0 Å². The Morgan fingerprint density at radius 2 is 2.24 bits per heavy atom. The molecule has 0 radical (unpaired) electrons. The number of carboxylic acid groups (broad SMARTS) is 1. The number of aromatic nitrogens is 1. The Morgan fingerprint density at radius 1 is 1.53 bits per heavy atom. The van der Waals surface area contributed by atoms with E-state index in [2.05, 4.69) is 4.98 Å². The number of non-ortho nitro benzene ring substituents is 1. The second-order valence-electron chi connectivity index (χ2n) is 3.17. The van der Waals surface area contributed by atoms with Gasteiger partial charge in [-0.3, -0.25) is 10.1 Å². The molecule has 1 aromatic carbocycles. The number of aliphatic hydroxyl groups is 1. The monoisotopic (exact) mass is 238 g/mol. The van der Waals surface area contributed by atoms with E-state index in [9.17, 15) is 20.0 Å². The Balaban J connectivity index is 2.61. The number of aliphatic hydroxyl groups excluding tert-OH is 1. The van der Waals surface area contributed by atoms with Crippen LogP contribution in [0, 0.1) is 10.1 Å². The van der Waals surface area contributed by atoms with Crippen LogP contribution in [-0.2, 0) is 4.79 Å². The number of hydrogen-bond donors (Lipinski definition) is 2. The number of rotatable bonds is 3. The van der Waals surface area contributed by atoms with Gasteiger partial charge in [-0.05, 0) is 6.07 Å². The van der Waals surface area contributed by atoms with Crippen LogP contribution < -0.4 is 0 Å². The van der Waals surface area contributed by atoms with Crippen LogP contribution in [0.1, 0.15) is 12.0 Å². The summed E-state index contributed by atoms with van der Waals surface area (Å²) >= 11 is 0. The molecule has 2 rings (SSSR count). The Kier molecular flexibility index (Phi) is 2.48. The van der Waals surface area contributed by atoms with E-state index < -0.39 is 22.9 Å². The average Bonchev–Trinajstić information content (AvgIpc) is 2.70. The number of benzene rings is 1. The molecular weight excluding hydrogens is 232 g/mol. The molecule has 1 unspecified atom stereocenters. The van der Waals surface area contributed by atoms with Crippen molar-refractivity contribution in [1.29, 1.82) is 0 Å². The topological polar surface area (TPSA) is 127 Å². The largest absolute Gasteiger partial charge is 0.479 e. The Bertz CT molecular complexity index is 605. The molecule has 0 saturated heterocycles. The zero-order chi connectivity index (χ0) is 12.6. The molecule has 2 aromatic rings. The molecule has 1 atom stereocenters. The summed E-state index contributed by atoms with van der Waals surface area (Å²) in [5, 5.41) is 28.4. The Morgan fingerprint density at radius 3 is 2.82 bits per heavy atom. The second kappa shape index (κ2) is 3.83. The number of carboxylic acids is 1. The number of nitrogens with zero attached hydrogens (tertiary/aromatic N) is 2. The summed E-state index contributed by atoms with van der Waals surface area (Å²) in [6, 6.07) is 3.98. The number of hydrogen-bond acceptors (Lipinski definition) is 6. The van der Waals surface area contributed by atoms with Gasteiger partial charge in [-0.15, -0.1) is 0 Å². The maximum absolute atomic E-state index is 10.7. The SMILES string of the molecule is O=C(O)C(O)c1nc2c([N+](=O)[O-])cccc2o1. The molecule has 0 aliphatic rings. The fourth-order valence-electron chi connectivity index (χ4n) is 1.32. The molecule has 0 aliphatic carbocycles. The van der Waals surface area contributed by atoms with Crippen molar-refractivity contribution in [2.75, 3.05) is 0 Å². The van der Waals surface area contributed by atoms with E-state index in [1.54, 1.807) is 0 Å². The molecule has 88 valence electrons. The van der Waals surface area contributed by atoms with Gasteiger partial charge in [0.1, 0.15) is 0 Å². The van der Waals surface area contributed by atoms with Gasteiger partial charge in [0.15, 0.2) is 11.1 Å². The van der Waals surface area contributed by atoms with Crippen molar-refractivity contribution in [2.45, 2.75) is 6.10 Å². The number of para-hydroxylation sites is 1. The number of oxazole rings is 1. The second-order valence-corrected chi connectivity index (χ2v) is 3.17. The third kappa shape index (κ3) is 1.81. The minimum absolute atomic E-state index is 0.0505. The van der Waals surface area contributed by atoms with Crippen molar-refractivity contribution in [3.63, 3.8) is 0 Å². The molecule has 8 heteroatoms. The molecule has 17 heavy (non-hydrogen) atoms. The first kappa shape index (κ1) is 11.0. The Hall–Kier alpha value is -2.48. The highest BCUT2D eigenvalue weighted by Crippen LogP contribution is 2.27. The minimum Gasteiger partial charge on any atom is -0.479 e. The number of fused-ring (bicyclic) bond motifs is 1. The summed E-state index contributed by atoms with van der Waals surface area (Å²) in [6.45, 7) is 0. The average molecular weight is 238 g/mol. The zero-order valence-electron chi connectivity index (χ0n) is 8.23. The summed E-state index contributed by atoms with van der Waals surface area (Å²) in [7, 11) is 0. The summed E-state index contributed by atoms with van der Waals surface area (Å²) < 4.78 is 4.94. The van der Waals surface area contributed by atoms with Gasteiger partial charge in [-0.1, -0.05) is 6.07 Å². The van der Waals surface area contributed by atoms with Gasteiger partial charge in [-0.25, -0.2) is 9.78 Å². The van der Waals surface area contributed by atoms with Crippen molar-refractivity contribution in [1.82, 2.24) is 4.98 Å². The molecule has 0 amide bonds. The van der Waals surface area contributed by atoms with Crippen LogP contribution in [0.3, 0.4) is 0 Å². The van der Waals surface area contributed by atoms with Crippen molar-refractivity contribution in [2.24, 2.45) is 0 Å². The quantitative estimate of drug-likeness (QED) is 0.599. The number of carbonyl (C=O) groups is 1. The summed E-state index contributed by atoms with van der Waals surface area (Å²) in [6.07, 6.45) is -1.94. The maximum atomic E-state index is 10.7. The maximum Gasteiger partial charge on any atom is 0.342 e. The first-order valence-corrected chi connectivity index (χ1v) is 4.45. The van der Waals surface area contributed by atoms with Crippen LogP contribution in [0.5, 0.6) is 0 Å². The predicted molar refractivity (Wildman–Crippen MR) is 53.3 cm³/mol. The van der Waals surface area contributed by atoms with E-state index in [4.69, 9.17) is 9.52 Å². The van der Waals surface area contributed by atoms with Gasteiger partial charge in [0.05, 0.1) is 4.92 Å². The van der Waals surface area contributed by atoms with E-state index in [-0.39, 0.29) is 16.8 Å². The molecule has 0 fully saturated rings. The molecule has 2 N–H and O–H groups in total. The van der Waals surface area contributed by atoms with Gasteiger partial charge in [0, 0.05) is 6.07 Å².